The summed E-state index contributed by atoms with van der Waals surface area (Å²) >= 11 is 0. The van der Waals surface area contributed by atoms with Gasteiger partial charge in [0.1, 0.15) is 23.7 Å². The number of aromatic nitrogens is 3. The minimum atomic E-state index is -0.916. The van der Waals surface area contributed by atoms with E-state index in [1.807, 2.05) is 24.4 Å². The first-order valence-electron chi connectivity index (χ1n) is 8.82. The zero-order valence-corrected chi connectivity index (χ0v) is 14.7. The average molecular weight is 340 g/mol. The van der Waals surface area contributed by atoms with E-state index in [2.05, 4.69) is 41.2 Å². The zero-order chi connectivity index (χ0) is 17.4. The smallest absolute Gasteiger partial charge is 0.127 e. The molecule has 0 unspecified atom stereocenters. The Morgan fingerprint density at radius 3 is 2.96 bits per heavy atom. The maximum Gasteiger partial charge on any atom is 0.127 e. The summed E-state index contributed by atoms with van der Waals surface area (Å²) in [5, 5.41) is 19.3. The first-order chi connectivity index (χ1) is 12.0. The quantitative estimate of drug-likeness (QED) is 0.925. The summed E-state index contributed by atoms with van der Waals surface area (Å²) in [5.41, 5.74) is 2.11. The van der Waals surface area contributed by atoms with Gasteiger partial charge in [-0.2, -0.15) is 0 Å². The molecule has 0 saturated carbocycles. The predicted octanol–water partition coefficient (Wildman–Crippen LogP) is 2.23. The lowest BCUT2D eigenvalue weighted by Crippen LogP contribution is -2.33. The molecule has 0 spiro atoms. The van der Waals surface area contributed by atoms with E-state index in [1.54, 1.807) is 4.68 Å². The molecule has 0 bridgehead atoms. The normalized spacial score (nSPS) is 23.4. The maximum absolute atomic E-state index is 11.0. The van der Waals surface area contributed by atoms with Crippen LogP contribution in [0.15, 0.2) is 36.0 Å². The molecule has 6 nitrogen and oxygen atoms in total. The molecule has 2 aliphatic rings. The molecule has 1 aromatic carbocycles. The second-order valence-electron chi connectivity index (χ2n) is 7.30. The van der Waals surface area contributed by atoms with Gasteiger partial charge in [-0.3, -0.25) is 4.90 Å². The number of ether oxygens (including phenoxy) is 1. The van der Waals surface area contributed by atoms with Crippen molar-refractivity contribution in [2.45, 2.75) is 31.9 Å². The molecule has 0 aliphatic carbocycles. The van der Waals surface area contributed by atoms with E-state index in [0.717, 1.165) is 24.4 Å². The van der Waals surface area contributed by atoms with Crippen LogP contribution in [0.1, 0.15) is 37.6 Å². The van der Waals surface area contributed by atoms with Crippen LogP contribution in [0.3, 0.4) is 0 Å². The fraction of sp³-hybridized carbons (Fsp3) is 0.474. The highest BCUT2D eigenvalue weighted by Gasteiger charge is 2.40. The molecular formula is C19H24N4O2. The van der Waals surface area contributed by atoms with Crippen molar-refractivity contribution in [3.8, 4) is 5.75 Å². The van der Waals surface area contributed by atoms with Gasteiger partial charge < -0.3 is 9.84 Å². The Morgan fingerprint density at radius 2 is 2.16 bits per heavy atom. The van der Waals surface area contributed by atoms with Crippen LogP contribution in [-0.2, 0) is 5.60 Å². The fourth-order valence-electron chi connectivity index (χ4n) is 3.50. The zero-order valence-electron chi connectivity index (χ0n) is 14.7. The number of likely N-dealkylation sites (tertiary alicyclic amines) is 1. The molecule has 3 heterocycles. The molecule has 0 radical (unpaired) electrons. The number of benzene rings is 1. The largest absolute Gasteiger partial charge is 0.489 e. The molecule has 2 aromatic rings. The number of fused-ring (bicyclic) bond motifs is 1. The molecule has 6 heteroatoms. The second kappa shape index (κ2) is 6.28. The molecule has 1 fully saturated rings. The summed E-state index contributed by atoms with van der Waals surface area (Å²) in [6.45, 7) is 6.92. The predicted molar refractivity (Wildman–Crippen MR) is 95.3 cm³/mol. The van der Waals surface area contributed by atoms with Crippen LogP contribution in [0.5, 0.6) is 5.75 Å². The van der Waals surface area contributed by atoms with Gasteiger partial charge >= 0.3 is 0 Å². The summed E-state index contributed by atoms with van der Waals surface area (Å²) in [6, 6.07) is 8.32. The summed E-state index contributed by atoms with van der Waals surface area (Å²) in [5.74, 6) is 0.939. The van der Waals surface area contributed by atoms with E-state index in [4.69, 9.17) is 4.74 Å². The molecule has 25 heavy (non-hydrogen) atoms. The molecular weight excluding hydrogens is 316 g/mol. The number of rotatable bonds is 4. The van der Waals surface area contributed by atoms with Crippen LogP contribution >= 0.6 is 0 Å². The van der Waals surface area contributed by atoms with Crippen LogP contribution in [0.25, 0.3) is 6.08 Å². The van der Waals surface area contributed by atoms with Crippen LogP contribution in [0.4, 0.5) is 0 Å². The highest BCUT2D eigenvalue weighted by Crippen LogP contribution is 2.32. The third-order valence-electron chi connectivity index (χ3n) is 4.96. The van der Waals surface area contributed by atoms with Gasteiger partial charge in [-0.15, -0.1) is 5.10 Å². The first kappa shape index (κ1) is 16.3. The first-order valence-corrected chi connectivity index (χ1v) is 8.82. The van der Waals surface area contributed by atoms with Crippen molar-refractivity contribution in [2.75, 3.05) is 26.2 Å². The molecule has 2 aliphatic heterocycles. The molecule has 0 amide bonds. The van der Waals surface area contributed by atoms with Gasteiger partial charge in [-0.1, -0.05) is 23.4 Å². The van der Waals surface area contributed by atoms with Gasteiger partial charge in [-0.05, 0) is 38.0 Å². The lowest BCUT2D eigenvalue weighted by Gasteiger charge is -2.24. The minimum Gasteiger partial charge on any atom is -0.489 e. The highest BCUT2D eigenvalue weighted by molar-refractivity contribution is 5.62. The van der Waals surface area contributed by atoms with E-state index in [0.29, 0.717) is 25.3 Å². The Bertz CT molecular complexity index is 798. The van der Waals surface area contributed by atoms with E-state index < -0.39 is 5.60 Å². The van der Waals surface area contributed by atoms with Gasteiger partial charge in [0, 0.05) is 31.2 Å². The van der Waals surface area contributed by atoms with E-state index in [-0.39, 0.29) is 6.04 Å². The number of hydrogen-bond donors (Lipinski definition) is 1. The van der Waals surface area contributed by atoms with Crippen LogP contribution in [0.2, 0.25) is 0 Å². The molecule has 1 saturated heterocycles. The van der Waals surface area contributed by atoms with Crippen molar-refractivity contribution in [1.82, 2.24) is 19.9 Å². The van der Waals surface area contributed by atoms with Crippen molar-refractivity contribution in [1.29, 1.82) is 0 Å². The number of nitrogens with zero attached hydrogens (tertiary/aromatic N) is 4. The van der Waals surface area contributed by atoms with E-state index in [9.17, 15) is 5.11 Å². The molecule has 1 N–H and O–H groups in total. The lowest BCUT2D eigenvalue weighted by molar-refractivity contribution is 0.0424. The summed E-state index contributed by atoms with van der Waals surface area (Å²) in [4.78, 5) is 2.26. The summed E-state index contributed by atoms with van der Waals surface area (Å²) in [7, 11) is 0. The molecule has 4 rings (SSSR count). The number of hydrogen-bond acceptors (Lipinski definition) is 5. The SMILES string of the molecule is CC(C)n1cc([C@]2(O)CCN(CC3=Cc4ccccc4OC3)C2)nn1. The Morgan fingerprint density at radius 1 is 1.32 bits per heavy atom. The summed E-state index contributed by atoms with van der Waals surface area (Å²) in [6.07, 6.45) is 4.74. The molecule has 1 aromatic heterocycles. The lowest BCUT2D eigenvalue weighted by atomic mass is 10.00. The van der Waals surface area contributed by atoms with Crippen LogP contribution in [0, 0.1) is 0 Å². The topological polar surface area (TPSA) is 63.4 Å². The Balaban J connectivity index is 1.45. The van der Waals surface area contributed by atoms with Crippen molar-refractivity contribution in [3.05, 3.63) is 47.3 Å². The third kappa shape index (κ3) is 3.19. The number of para-hydroxylation sites is 1. The average Bonchev–Trinajstić information content (AvgIpc) is 3.23. The minimum absolute atomic E-state index is 0.243. The van der Waals surface area contributed by atoms with E-state index >= 15 is 0 Å². The van der Waals surface area contributed by atoms with Crippen molar-refractivity contribution in [2.24, 2.45) is 0 Å². The number of aliphatic hydroxyl groups is 1. The van der Waals surface area contributed by atoms with Gasteiger partial charge in [0.25, 0.3) is 0 Å². The van der Waals surface area contributed by atoms with E-state index in [1.165, 1.54) is 5.57 Å². The fourth-order valence-corrected chi connectivity index (χ4v) is 3.50. The van der Waals surface area contributed by atoms with Crippen molar-refractivity contribution in [3.63, 3.8) is 0 Å². The van der Waals surface area contributed by atoms with Crippen molar-refractivity contribution < 1.29 is 9.84 Å². The van der Waals surface area contributed by atoms with Gasteiger partial charge in [0.2, 0.25) is 0 Å². The van der Waals surface area contributed by atoms with Crippen LogP contribution in [-0.4, -0.2) is 51.2 Å². The maximum atomic E-state index is 11.0. The molecule has 1 atom stereocenters. The van der Waals surface area contributed by atoms with Crippen molar-refractivity contribution >= 4 is 6.08 Å². The number of β-amino-alcohol motifs (C(OH)–C–C–N with tert-alkyl or cyclic N) is 1. The Hall–Kier alpha value is -2.18. The third-order valence-corrected chi connectivity index (χ3v) is 4.96. The van der Waals surface area contributed by atoms with Crippen LogP contribution < -0.4 is 4.74 Å². The van der Waals surface area contributed by atoms with Gasteiger partial charge in [0.05, 0.1) is 6.20 Å². The Kier molecular flexibility index (Phi) is 4.09. The van der Waals surface area contributed by atoms with Gasteiger partial charge in [0.15, 0.2) is 0 Å². The monoisotopic (exact) mass is 340 g/mol. The Labute approximate surface area is 147 Å². The van der Waals surface area contributed by atoms with Gasteiger partial charge in [-0.25, -0.2) is 4.68 Å². The summed E-state index contributed by atoms with van der Waals surface area (Å²) < 4.78 is 7.63. The second-order valence-corrected chi connectivity index (χ2v) is 7.30. The highest BCUT2D eigenvalue weighted by atomic mass is 16.5. The molecule has 132 valence electrons. The standard InChI is InChI=1S/C19H24N4O2/c1-14(2)23-11-18(20-21-23)19(24)7-8-22(13-19)10-15-9-16-5-3-4-6-17(16)25-12-15/h3-6,9,11,14,24H,7-8,10,12-13H2,1-2H3/t19-/m0/s1.